The van der Waals surface area contributed by atoms with Gasteiger partial charge in [0.1, 0.15) is 5.56 Å². The van der Waals surface area contributed by atoms with Crippen molar-refractivity contribution < 1.29 is 22.7 Å². The fourth-order valence-corrected chi connectivity index (χ4v) is 4.62. The maximum absolute atomic E-state index is 13.5. The standard InChI is InChI=1S/C24H22ClF3N4O5/c1-4-37-21(34)15-12-31(14-8-9-17-18(10-14)30(3)22(35)29(17)2)23(36)32(20(15)33)11-13-6-5-7-16(19(13)25)24(26,27)28/h5-7,9-10,12,14H,4,8,11H2,1-3H3. The number of carbonyl (C=O) groups excluding carboxylic acids is 1. The van der Waals surface area contributed by atoms with Crippen molar-refractivity contribution in [3.63, 3.8) is 0 Å². The average molecular weight is 539 g/mol. The Morgan fingerprint density at radius 2 is 1.78 bits per heavy atom. The van der Waals surface area contributed by atoms with E-state index < -0.39 is 52.1 Å². The monoisotopic (exact) mass is 538 g/mol. The van der Waals surface area contributed by atoms with Crippen molar-refractivity contribution in [2.75, 3.05) is 6.61 Å². The molecule has 9 nitrogen and oxygen atoms in total. The first-order chi connectivity index (χ1) is 17.4. The minimum absolute atomic E-state index is 0.0460. The van der Waals surface area contributed by atoms with E-state index in [1.807, 2.05) is 0 Å². The Balaban J connectivity index is 1.93. The summed E-state index contributed by atoms with van der Waals surface area (Å²) >= 11 is 6.00. The Labute approximate surface area is 211 Å². The third-order valence-electron chi connectivity index (χ3n) is 6.22. The predicted octanol–water partition coefficient (Wildman–Crippen LogP) is 1.15. The number of alkyl halides is 3. The molecule has 2 heterocycles. The smallest absolute Gasteiger partial charge is 0.417 e. The molecule has 4 rings (SSSR count). The molecule has 1 atom stereocenters. The SMILES string of the molecule is CCOC(=O)c1cn(C2C=c3c(n(C)c(=O)n3C)=CC2)c(=O)n(Cc2cccc(C(F)(F)F)c2Cl)c1=O. The van der Waals surface area contributed by atoms with Crippen molar-refractivity contribution in [1.82, 2.24) is 18.3 Å². The van der Waals surface area contributed by atoms with Gasteiger partial charge in [-0.2, -0.15) is 13.2 Å². The number of imidazole rings is 1. The number of hydrogen-bond acceptors (Lipinski definition) is 5. The molecule has 3 aromatic rings. The summed E-state index contributed by atoms with van der Waals surface area (Å²) in [5.74, 6) is -0.988. The van der Waals surface area contributed by atoms with Gasteiger partial charge in [0.05, 0.1) is 40.5 Å². The fraction of sp³-hybridized carbons (Fsp3) is 0.333. The Morgan fingerprint density at radius 1 is 1.11 bits per heavy atom. The van der Waals surface area contributed by atoms with Crippen molar-refractivity contribution in [3.05, 3.63) is 88.1 Å². The number of fused-ring (bicyclic) bond motifs is 1. The molecule has 13 heteroatoms. The molecule has 0 saturated carbocycles. The Kier molecular flexibility index (Phi) is 6.80. The number of carbonyl (C=O) groups is 1. The van der Waals surface area contributed by atoms with Crippen LogP contribution in [-0.2, 0) is 31.6 Å². The first kappa shape index (κ1) is 26.3. The second-order valence-corrected chi connectivity index (χ2v) is 8.84. The van der Waals surface area contributed by atoms with Crippen molar-refractivity contribution in [3.8, 4) is 0 Å². The Hall–Kier alpha value is -3.80. The summed E-state index contributed by atoms with van der Waals surface area (Å²) in [7, 11) is 3.17. The molecule has 37 heavy (non-hydrogen) atoms. The average Bonchev–Trinajstić information content (AvgIpc) is 3.05. The molecular weight excluding hydrogens is 517 g/mol. The molecular formula is C24H22ClF3N4O5. The molecule has 1 aliphatic rings. The third kappa shape index (κ3) is 4.57. The predicted molar refractivity (Wildman–Crippen MR) is 129 cm³/mol. The molecule has 0 N–H and O–H groups in total. The summed E-state index contributed by atoms with van der Waals surface area (Å²) in [4.78, 5) is 51.6. The maximum atomic E-state index is 13.5. The molecule has 0 saturated heterocycles. The third-order valence-corrected chi connectivity index (χ3v) is 6.67. The summed E-state index contributed by atoms with van der Waals surface area (Å²) < 4.78 is 49.7. The highest BCUT2D eigenvalue weighted by atomic mass is 35.5. The van der Waals surface area contributed by atoms with Gasteiger partial charge in [-0.1, -0.05) is 29.8 Å². The van der Waals surface area contributed by atoms with Crippen LogP contribution in [0, 0.1) is 0 Å². The summed E-state index contributed by atoms with van der Waals surface area (Å²) in [5, 5.41) is 0.523. The lowest BCUT2D eigenvalue weighted by Gasteiger charge is -2.20. The van der Waals surface area contributed by atoms with Gasteiger partial charge in [-0.15, -0.1) is 0 Å². The number of aromatic nitrogens is 4. The van der Waals surface area contributed by atoms with E-state index >= 15 is 0 Å². The highest BCUT2D eigenvalue weighted by Gasteiger charge is 2.34. The van der Waals surface area contributed by atoms with Crippen LogP contribution in [0.3, 0.4) is 0 Å². The van der Waals surface area contributed by atoms with Crippen LogP contribution in [0.5, 0.6) is 0 Å². The summed E-state index contributed by atoms with van der Waals surface area (Å²) in [6, 6.07) is 2.46. The van der Waals surface area contributed by atoms with Gasteiger partial charge in [0, 0.05) is 20.3 Å². The van der Waals surface area contributed by atoms with Crippen LogP contribution in [-0.4, -0.2) is 30.8 Å². The Bertz CT molecular complexity index is 1710. The van der Waals surface area contributed by atoms with Crippen LogP contribution in [0.1, 0.15) is 40.9 Å². The van der Waals surface area contributed by atoms with Gasteiger partial charge in [-0.25, -0.2) is 14.4 Å². The molecule has 0 spiro atoms. The molecule has 0 radical (unpaired) electrons. The zero-order valence-corrected chi connectivity index (χ0v) is 20.8. The number of rotatable bonds is 5. The van der Waals surface area contributed by atoms with Gasteiger partial charge < -0.3 is 4.74 Å². The second kappa shape index (κ2) is 9.58. The lowest BCUT2D eigenvalue weighted by Crippen LogP contribution is -2.45. The van der Waals surface area contributed by atoms with Gasteiger partial charge in [-0.3, -0.25) is 23.1 Å². The number of ether oxygens (including phenoxy) is 1. The van der Waals surface area contributed by atoms with Gasteiger partial charge in [-0.05, 0) is 31.1 Å². The number of nitrogens with zero attached hydrogens (tertiary/aromatic N) is 4. The first-order valence-electron chi connectivity index (χ1n) is 11.2. The van der Waals surface area contributed by atoms with E-state index in [9.17, 15) is 32.3 Å². The highest BCUT2D eigenvalue weighted by Crippen LogP contribution is 2.36. The van der Waals surface area contributed by atoms with Crippen molar-refractivity contribution in [1.29, 1.82) is 0 Å². The summed E-state index contributed by atoms with van der Waals surface area (Å²) in [5.41, 5.74) is -3.89. The quantitative estimate of drug-likeness (QED) is 0.454. The molecule has 0 amide bonds. The van der Waals surface area contributed by atoms with Gasteiger partial charge in [0.15, 0.2) is 0 Å². The topological polar surface area (TPSA) is 97.2 Å². The summed E-state index contributed by atoms with van der Waals surface area (Å²) in [6.07, 6.45) is -0.0274. The van der Waals surface area contributed by atoms with E-state index in [-0.39, 0.29) is 24.3 Å². The van der Waals surface area contributed by atoms with Crippen LogP contribution >= 0.6 is 11.6 Å². The van der Waals surface area contributed by atoms with E-state index in [0.29, 0.717) is 15.3 Å². The number of benzene rings is 1. The number of hydrogen-bond donors (Lipinski definition) is 0. The van der Waals surface area contributed by atoms with Gasteiger partial charge >= 0.3 is 23.5 Å². The van der Waals surface area contributed by atoms with Gasteiger partial charge in [0.2, 0.25) is 0 Å². The van der Waals surface area contributed by atoms with Crippen molar-refractivity contribution >= 4 is 29.7 Å². The molecule has 0 bridgehead atoms. The number of halogens is 4. The summed E-state index contributed by atoms with van der Waals surface area (Å²) in [6.45, 7) is 0.880. The molecule has 0 fully saturated rings. The van der Waals surface area contributed by atoms with Crippen LogP contribution in [0.2, 0.25) is 5.02 Å². The molecule has 196 valence electrons. The molecule has 1 aliphatic carbocycles. The van der Waals surface area contributed by atoms with Crippen LogP contribution < -0.4 is 27.6 Å². The molecule has 0 aliphatic heterocycles. The van der Waals surface area contributed by atoms with Crippen LogP contribution in [0.15, 0.2) is 38.8 Å². The minimum Gasteiger partial charge on any atom is -0.462 e. The number of esters is 1. The second-order valence-electron chi connectivity index (χ2n) is 8.47. The minimum atomic E-state index is -4.75. The fourth-order valence-electron chi connectivity index (χ4n) is 4.33. The maximum Gasteiger partial charge on any atom is 0.417 e. The van der Waals surface area contributed by atoms with E-state index in [0.717, 1.165) is 22.9 Å². The Morgan fingerprint density at radius 3 is 2.43 bits per heavy atom. The van der Waals surface area contributed by atoms with Crippen LogP contribution in [0.25, 0.3) is 12.2 Å². The molecule has 2 aromatic heterocycles. The van der Waals surface area contributed by atoms with Crippen molar-refractivity contribution in [2.24, 2.45) is 14.1 Å². The van der Waals surface area contributed by atoms with E-state index in [1.54, 1.807) is 26.2 Å². The zero-order valence-electron chi connectivity index (χ0n) is 20.0. The van der Waals surface area contributed by atoms with Gasteiger partial charge in [0.25, 0.3) is 5.56 Å². The van der Waals surface area contributed by atoms with E-state index in [4.69, 9.17) is 16.3 Å². The first-order valence-corrected chi connectivity index (χ1v) is 11.6. The molecule has 1 aromatic carbocycles. The normalized spacial score (nSPS) is 15.1. The van der Waals surface area contributed by atoms with Crippen molar-refractivity contribution in [2.45, 2.75) is 32.1 Å². The zero-order chi connectivity index (χ0) is 27.2. The lowest BCUT2D eigenvalue weighted by molar-refractivity contribution is -0.137. The molecule has 1 unspecified atom stereocenters. The largest absolute Gasteiger partial charge is 0.462 e. The van der Waals surface area contributed by atoms with E-state index in [2.05, 4.69) is 0 Å². The van der Waals surface area contributed by atoms with Crippen LogP contribution in [0.4, 0.5) is 13.2 Å². The highest BCUT2D eigenvalue weighted by molar-refractivity contribution is 6.32. The van der Waals surface area contributed by atoms with E-state index in [1.165, 1.54) is 22.1 Å². The lowest BCUT2D eigenvalue weighted by atomic mass is 10.1.